The van der Waals surface area contributed by atoms with Gasteiger partial charge in [0.1, 0.15) is 5.82 Å². The van der Waals surface area contributed by atoms with Gasteiger partial charge >= 0.3 is 0 Å². The van der Waals surface area contributed by atoms with Crippen LogP contribution in [0.3, 0.4) is 0 Å². The Morgan fingerprint density at radius 1 is 1.25 bits per heavy atom. The normalized spacial score (nSPS) is 10.8. The van der Waals surface area contributed by atoms with Gasteiger partial charge < -0.3 is 10.3 Å². The van der Waals surface area contributed by atoms with Crippen molar-refractivity contribution in [3.63, 3.8) is 0 Å². The third-order valence-electron chi connectivity index (χ3n) is 2.46. The second-order valence-corrected chi connectivity index (χ2v) is 4.24. The maximum atomic E-state index is 5.99. The third kappa shape index (κ3) is 1.94. The number of rotatable bonds is 2. The minimum atomic E-state index is 0.371. The monoisotopic (exact) mass is 255 g/mol. The van der Waals surface area contributed by atoms with Crippen LogP contribution in [0.15, 0.2) is 24.3 Å². The number of nitrogens with two attached hydrogens (primary N) is 1. The lowest BCUT2D eigenvalue weighted by atomic mass is 10.2. The fraction of sp³-hybridized carbons (Fsp3) is 0.182. The second-order valence-electron chi connectivity index (χ2n) is 3.44. The third-order valence-corrected chi connectivity index (χ3v) is 3.02. The topological polar surface area (TPSA) is 43.8 Å². The largest absolute Gasteiger partial charge is 0.329 e. The van der Waals surface area contributed by atoms with E-state index in [0.29, 0.717) is 16.7 Å². The van der Waals surface area contributed by atoms with E-state index < -0.39 is 0 Å². The van der Waals surface area contributed by atoms with Crippen LogP contribution < -0.4 is 5.73 Å². The van der Waals surface area contributed by atoms with E-state index >= 15 is 0 Å². The summed E-state index contributed by atoms with van der Waals surface area (Å²) in [6.45, 7) is 0.371. The summed E-state index contributed by atoms with van der Waals surface area (Å²) >= 11 is 11.8. The predicted octanol–water partition coefficient (Wildman–Crippen LogP) is 2.85. The molecule has 1 aromatic heterocycles. The molecule has 0 atom stereocenters. The average molecular weight is 256 g/mol. The van der Waals surface area contributed by atoms with Gasteiger partial charge in [0.05, 0.1) is 5.69 Å². The molecule has 0 radical (unpaired) electrons. The molecule has 1 aromatic carbocycles. The summed E-state index contributed by atoms with van der Waals surface area (Å²) in [4.78, 5) is 4.29. The van der Waals surface area contributed by atoms with Crippen molar-refractivity contribution in [2.75, 3.05) is 0 Å². The summed E-state index contributed by atoms with van der Waals surface area (Å²) < 4.78 is 1.89. The number of benzene rings is 1. The zero-order chi connectivity index (χ0) is 11.7. The molecule has 1 heterocycles. The molecule has 0 saturated heterocycles. The number of halogens is 2. The standard InChI is InChI=1S/C11H11Cl2N3/c1-16-9(6-14)10(13)15-11(16)7-2-4-8(12)5-3-7/h2-5H,6,14H2,1H3. The van der Waals surface area contributed by atoms with Gasteiger partial charge in [-0.25, -0.2) is 4.98 Å². The minimum absolute atomic E-state index is 0.371. The molecule has 2 N–H and O–H groups in total. The first-order valence-corrected chi connectivity index (χ1v) is 5.56. The van der Waals surface area contributed by atoms with Gasteiger partial charge in [-0.15, -0.1) is 0 Å². The van der Waals surface area contributed by atoms with Gasteiger partial charge in [-0.05, 0) is 24.3 Å². The first-order chi connectivity index (χ1) is 7.63. The van der Waals surface area contributed by atoms with E-state index in [0.717, 1.165) is 17.1 Å². The van der Waals surface area contributed by atoms with Gasteiger partial charge in [-0.3, -0.25) is 0 Å². The second kappa shape index (κ2) is 4.45. The Morgan fingerprint density at radius 3 is 2.38 bits per heavy atom. The SMILES string of the molecule is Cn1c(-c2ccc(Cl)cc2)nc(Cl)c1CN. The Kier molecular flexibility index (Phi) is 3.19. The first kappa shape index (κ1) is 11.5. The predicted molar refractivity (Wildman–Crippen MR) is 66.6 cm³/mol. The van der Waals surface area contributed by atoms with Crippen LogP contribution in [0.4, 0.5) is 0 Å². The molecule has 16 heavy (non-hydrogen) atoms. The molecule has 2 aromatic rings. The molecule has 0 fully saturated rings. The van der Waals surface area contributed by atoms with Crippen molar-refractivity contribution in [1.82, 2.24) is 9.55 Å². The quantitative estimate of drug-likeness (QED) is 0.897. The molecule has 0 aliphatic carbocycles. The first-order valence-electron chi connectivity index (χ1n) is 4.80. The van der Waals surface area contributed by atoms with Crippen LogP contribution in [0, 0.1) is 0 Å². The Hall–Kier alpha value is -1.03. The number of hydrogen-bond donors (Lipinski definition) is 1. The van der Waals surface area contributed by atoms with Gasteiger partial charge in [-0.1, -0.05) is 23.2 Å². The summed E-state index contributed by atoms with van der Waals surface area (Å²) in [6.07, 6.45) is 0. The maximum Gasteiger partial charge on any atom is 0.152 e. The molecule has 5 heteroatoms. The number of nitrogens with zero attached hydrogens (tertiary/aromatic N) is 2. The zero-order valence-electron chi connectivity index (χ0n) is 8.74. The fourth-order valence-electron chi connectivity index (χ4n) is 1.58. The van der Waals surface area contributed by atoms with Crippen LogP contribution in [0.25, 0.3) is 11.4 Å². The van der Waals surface area contributed by atoms with Crippen molar-refractivity contribution in [3.05, 3.63) is 40.1 Å². The molecular weight excluding hydrogens is 245 g/mol. The van der Waals surface area contributed by atoms with E-state index in [4.69, 9.17) is 28.9 Å². The molecule has 0 aliphatic heterocycles. The van der Waals surface area contributed by atoms with Crippen LogP contribution in [-0.2, 0) is 13.6 Å². The lowest BCUT2D eigenvalue weighted by Crippen LogP contribution is -2.04. The number of imidazole rings is 1. The Morgan fingerprint density at radius 2 is 1.88 bits per heavy atom. The number of hydrogen-bond acceptors (Lipinski definition) is 2. The number of aromatic nitrogens is 2. The lowest BCUT2D eigenvalue weighted by Gasteiger charge is -2.04. The van der Waals surface area contributed by atoms with E-state index in [1.54, 1.807) is 0 Å². The van der Waals surface area contributed by atoms with Crippen LogP contribution >= 0.6 is 23.2 Å². The molecular formula is C11H11Cl2N3. The average Bonchev–Trinajstić information content (AvgIpc) is 2.55. The Balaban J connectivity index is 2.52. The maximum absolute atomic E-state index is 5.99. The minimum Gasteiger partial charge on any atom is -0.329 e. The van der Waals surface area contributed by atoms with Gasteiger partial charge in [0.25, 0.3) is 0 Å². The zero-order valence-corrected chi connectivity index (χ0v) is 10.3. The molecule has 0 unspecified atom stereocenters. The highest BCUT2D eigenvalue weighted by molar-refractivity contribution is 6.30. The summed E-state index contributed by atoms with van der Waals surface area (Å²) in [7, 11) is 1.89. The van der Waals surface area contributed by atoms with Crippen molar-refractivity contribution in [2.24, 2.45) is 12.8 Å². The van der Waals surface area contributed by atoms with Crippen LogP contribution in [0.2, 0.25) is 10.2 Å². The molecule has 0 aliphatic rings. The van der Waals surface area contributed by atoms with Crippen molar-refractivity contribution in [1.29, 1.82) is 0 Å². The van der Waals surface area contributed by atoms with E-state index in [1.165, 1.54) is 0 Å². The lowest BCUT2D eigenvalue weighted by molar-refractivity contribution is 0.828. The fourth-order valence-corrected chi connectivity index (χ4v) is 1.99. The molecule has 84 valence electrons. The van der Waals surface area contributed by atoms with Crippen LogP contribution in [0.1, 0.15) is 5.69 Å². The van der Waals surface area contributed by atoms with Crippen LogP contribution in [-0.4, -0.2) is 9.55 Å². The summed E-state index contributed by atoms with van der Waals surface area (Å²) in [5.74, 6) is 0.794. The van der Waals surface area contributed by atoms with Crippen molar-refractivity contribution in [3.8, 4) is 11.4 Å². The van der Waals surface area contributed by atoms with Crippen molar-refractivity contribution < 1.29 is 0 Å². The highest BCUT2D eigenvalue weighted by Crippen LogP contribution is 2.25. The van der Waals surface area contributed by atoms with E-state index in [-0.39, 0.29) is 0 Å². The smallest absolute Gasteiger partial charge is 0.152 e. The molecule has 2 rings (SSSR count). The van der Waals surface area contributed by atoms with E-state index in [2.05, 4.69) is 4.98 Å². The summed E-state index contributed by atoms with van der Waals surface area (Å²) in [5.41, 5.74) is 7.39. The van der Waals surface area contributed by atoms with Gasteiger partial charge in [0.2, 0.25) is 0 Å². The van der Waals surface area contributed by atoms with Gasteiger partial charge in [0.15, 0.2) is 5.15 Å². The van der Waals surface area contributed by atoms with E-state index in [9.17, 15) is 0 Å². The summed E-state index contributed by atoms with van der Waals surface area (Å²) in [5, 5.41) is 1.15. The highest BCUT2D eigenvalue weighted by atomic mass is 35.5. The Labute approximate surface area is 104 Å². The molecule has 0 amide bonds. The molecule has 0 spiro atoms. The van der Waals surface area contributed by atoms with E-state index in [1.807, 2.05) is 35.9 Å². The van der Waals surface area contributed by atoms with Crippen molar-refractivity contribution in [2.45, 2.75) is 6.54 Å². The molecule has 0 saturated carbocycles. The highest BCUT2D eigenvalue weighted by Gasteiger charge is 2.12. The van der Waals surface area contributed by atoms with Gasteiger partial charge in [0, 0.05) is 24.2 Å². The van der Waals surface area contributed by atoms with Crippen molar-refractivity contribution >= 4 is 23.2 Å². The molecule has 3 nitrogen and oxygen atoms in total. The Bertz CT molecular complexity index is 503. The van der Waals surface area contributed by atoms with Gasteiger partial charge in [-0.2, -0.15) is 0 Å². The summed E-state index contributed by atoms with van der Waals surface area (Å²) in [6, 6.07) is 7.45. The van der Waals surface area contributed by atoms with Crippen LogP contribution in [0.5, 0.6) is 0 Å². The molecule has 0 bridgehead atoms.